The van der Waals surface area contributed by atoms with Crippen LogP contribution in [0.15, 0.2) is 65.9 Å². The zero-order valence-electron chi connectivity index (χ0n) is 24.7. The SMILES string of the molecule is COc1ccc(N2CCN(C(=O)NC(C(=O)NC3C(=O)N4C(C(=O)[O-])=C(COC(C)=O)CS[C@@H]34)c3ccccc3)C2=O)cc1.[Na+]. The summed E-state index contributed by atoms with van der Waals surface area (Å²) < 4.78 is 10.1. The van der Waals surface area contributed by atoms with Crippen LogP contribution >= 0.6 is 11.8 Å². The van der Waals surface area contributed by atoms with Crippen molar-refractivity contribution in [1.29, 1.82) is 0 Å². The largest absolute Gasteiger partial charge is 1.00 e. The molecule has 14 nitrogen and oxygen atoms in total. The second-order valence-electron chi connectivity index (χ2n) is 9.99. The normalized spacial score (nSPS) is 19.6. The van der Waals surface area contributed by atoms with Crippen LogP contribution in [-0.2, 0) is 23.9 Å². The van der Waals surface area contributed by atoms with Crippen LogP contribution in [0.5, 0.6) is 5.75 Å². The van der Waals surface area contributed by atoms with E-state index in [0.29, 0.717) is 17.0 Å². The molecule has 0 aliphatic carbocycles. The summed E-state index contributed by atoms with van der Waals surface area (Å²) >= 11 is 1.19. The molecule has 2 aromatic rings. The molecular formula is C29H28N5NaO9S. The minimum atomic E-state index is -1.61. The number of aliphatic carboxylic acids is 1. The first-order chi connectivity index (χ1) is 21.1. The Kier molecular flexibility index (Phi) is 10.8. The number of carbonyl (C=O) groups is 6. The number of nitrogens with one attached hydrogen (secondary N) is 2. The molecule has 3 aliphatic rings. The number of imide groups is 1. The number of amides is 6. The van der Waals surface area contributed by atoms with E-state index < -0.39 is 59.0 Å². The van der Waals surface area contributed by atoms with Crippen LogP contribution in [0, 0.1) is 0 Å². The van der Waals surface area contributed by atoms with Gasteiger partial charge in [0, 0.05) is 30.5 Å². The number of anilines is 1. The number of urea groups is 2. The first-order valence-electron chi connectivity index (χ1n) is 13.5. The Hall–Kier alpha value is -4.05. The first kappa shape index (κ1) is 33.8. The number of nitrogens with zero attached hydrogens (tertiary/aromatic N) is 3. The smallest absolute Gasteiger partial charge is 0.543 e. The summed E-state index contributed by atoms with van der Waals surface area (Å²) in [6.45, 7) is 1.17. The molecule has 2 unspecified atom stereocenters. The van der Waals surface area contributed by atoms with E-state index in [4.69, 9.17) is 9.47 Å². The molecule has 45 heavy (non-hydrogen) atoms. The summed E-state index contributed by atoms with van der Waals surface area (Å²) in [6.07, 6.45) is 0. The molecule has 2 aromatic carbocycles. The number of rotatable bonds is 9. The second kappa shape index (κ2) is 14.4. The minimum Gasteiger partial charge on any atom is -0.543 e. The number of fused-ring (bicyclic) bond motifs is 1. The van der Waals surface area contributed by atoms with Crippen molar-refractivity contribution in [2.24, 2.45) is 0 Å². The van der Waals surface area contributed by atoms with Crippen LogP contribution in [0.2, 0.25) is 0 Å². The quantitative estimate of drug-likeness (QED) is 0.167. The molecule has 3 aliphatic heterocycles. The van der Waals surface area contributed by atoms with Gasteiger partial charge in [0.25, 0.3) is 5.91 Å². The summed E-state index contributed by atoms with van der Waals surface area (Å²) in [4.78, 5) is 79.7. The van der Waals surface area contributed by atoms with Crippen molar-refractivity contribution < 1.29 is 72.9 Å². The maximum absolute atomic E-state index is 13.6. The van der Waals surface area contributed by atoms with E-state index >= 15 is 0 Å². The van der Waals surface area contributed by atoms with E-state index in [0.717, 1.165) is 9.80 Å². The summed E-state index contributed by atoms with van der Waals surface area (Å²) in [5.41, 5.74) is 0.777. The number of β-lactam (4-membered cyclic amide) rings is 1. The third-order valence-corrected chi connectivity index (χ3v) is 8.63. The van der Waals surface area contributed by atoms with Gasteiger partial charge in [-0.15, -0.1) is 11.8 Å². The number of carboxylic acid groups (broad SMARTS) is 1. The van der Waals surface area contributed by atoms with Crippen molar-refractivity contribution in [3.8, 4) is 5.75 Å². The fourth-order valence-corrected chi connectivity index (χ4v) is 6.41. The van der Waals surface area contributed by atoms with Crippen LogP contribution in [0.25, 0.3) is 0 Å². The molecule has 0 radical (unpaired) electrons. The summed E-state index contributed by atoms with van der Waals surface area (Å²) in [5, 5.41) is 16.4. The van der Waals surface area contributed by atoms with Crippen molar-refractivity contribution >= 4 is 53.3 Å². The third-order valence-electron chi connectivity index (χ3n) is 7.29. The number of benzene rings is 2. The first-order valence-corrected chi connectivity index (χ1v) is 14.6. The average Bonchev–Trinajstić information content (AvgIpc) is 3.42. The van der Waals surface area contributed by atoms with Crippen molar-refractivity contribution in [2.75, 3.05) is 37.5 Å². The van der Waals surface area contributed by atoms with Gasteiger partial charge in [-0.05, 0) is 29.8 Å². The zero-order valence-corrected chi connectivity index (χ0v) is 27.5. The second-order valence-corrected chi connectivity index (χ2v) is 11.1. The number of carbonyl (C=O) groups excluding carboxylic acids is 6. The summed E-state index contributed by atoms with van der Waals surface area (Å²) in [6, 6.07) is 11.3. The van der Waals surface area contributed by atoms with E-state index in [1.165, 1.54) is 30.7 Å². The Labute approximate surface area is 284 Å². The molecule has 0 bridgehead atoms. The molecule has 16 heteroatoms. The van der Waals surface area contributed by atoms with Gasteiger partial charge in [-0.3, -0.25) is 24.2 Å². The van der Waals surface area contributed by atoms with Crippen molar-refractivity contribution in [3.05, 3.63) is 71.4 Å². The number of carboxylic acids is 1. The van der Waals surface area contributed by atoms with Gasteiger partial charge >= 0.3 is 47.6 Å². The van der Waals surface area contributed by atoms with Gasteiger partial charge < -0.3 is 30.0 Å². The molecule has 5 rings (SSSR count). The van der Waals surface area contributed by atoms with Crippen LogP contribution in [0.1, 0.15) is 18.5 Å². The Bertz CT molecular complexity index is 1540. The molecular weight excluding hydrogens is 617 g/mol. The molecule has 2 fully saturated rings. The molecule has 0 aromatic heterocycles. The van der Waals surface area contributed by atoms with E-state index in [2.05, 4.69) is 10.6 Å². The van der Waals surface area contributed by atoms with Crippen molar-refractivity contribution in [3.63, 3.8) is 0 Å². The van der Waals surface area contributed by atoms with Gasteiger partial charge in [-0.1, -0.05) is 30.3 Å². The Morgan fingerprint density at radius 3 is 2.36 bits per heavy atom. The van der Waals surface area contributed by atoms with Gasteiger partial charge in [-0.2, -0.15) is 0 Å². The van der Waals surface area contributed by atoms with Crippen molar-refractivity contribution in [2.45, 2.75) is 24.4 Å². The molecule has 0 spiro atoms. The molecule has 6 amide bonds. The Balaban J connectivity index is 0.00000461. The van der Waals surface area contributed by atoms with E-state index in [9.17, 15) is 33.9 Å². The number of ether oxygens (including phenoxy) is 2. The molecule has 3 heterocycles. The Morgan fingerprint density at radius 2 is 1.73 bits per heavy atom. The maximum atomic E-state index is 13.6. The van der Waals surface area contributed by atoms with E-state index in [1.807, 2.05) is 0 Å². The van der Waals surface area contributed by atoms with E-state index in [-0.39, 0.29) is 60.6 Å². The Morgan fingerprint density at radius 1 is 1.04 bits per heavy atom. The number of hydrogen-bond acceptors (Lipinski definition) is 10. The fraction of sp³-hybridized carbons (Fsp3) is 0.310. The molecule has 3 atom stereocenters. The molecule has 2 N–H and O–H groups in total. The van der Waals surface area contributed by atoms with Crippen molar-refractivity contribution in [1.82, 2.24) is 20.4 Å². The topological polar surface area (TPSA) is 178 Å². The monoisotopic (exact) mass is 645 g/mol. The van der Waals surface area contributed by atoms with Gasteiger partial charge in [0.15, 0.2) is 0 Å². The van der Waals surface area contributed by atoms with Crippen LogP contribution in [0.3, 0.4) is 0 Å². The van der Waals surface area contributed by atoms with Gasteiger partial charge in [0.2, 0.25) is 5.91 Å². The van der Waals surface area contributed by atoms with E-state index in [1.54, 1.807) is 54.6 Å². The fourth-order valence-electron chi connectivity index (χ4n) is 5.08. The number of hydrogen-bond donors (Lipinski definition) is 2. The van der Waals surface area contributed by atoms with Gasteiger partial charge in [-0.25, -0.2) is 14.5 Å². The standard InChI is InChI=1S/C29H29N5O9S.Na/c1-16(35)43-14-18-15-44-26-22(25(37)34(26)23(18)27(38)39)30-24(36)21(17-6-4-3-5-7-17)31-28(40)33-13-12-32(29(33)41)19-8-10-20(42-2)11-9-19;/h3-11,21-22,26H,12-15H2,1-2H3,(H,30,36)(H,31,40)(H,38,39);/q;+1/p-1/t21?,22?,26-;/m0./s1. The average molecular weight is 646 g/mol. The van der Waals surface area contributed by atoms with Gasteiger partial charge in [0.1, 0.15) is 29.8 Å². The summed E-state index contributed by atoms with van der Waals surface area (Å²) in [7, 11) is 1.53. The summed E-state index contributed by atoms with van der Waals surface area (Å²) in [5.74, 6) is -2.91. The number of methoxy groups -OCH3 is 1. The number of esters is 1. The molecule has 230 valence electrons. The maximum Gasteiger partial charge on any atom is 1.00 e. The molecule has 2 saturated heterocycles. The predicted octanol–water partition coefficient (Wildman–Crippen LogP) is -2.64. The van der Waals surface area contributed by atoms with Gasteiger partial charge in [0.05, 0.1) is 25.3 Å². The number of thioether (sulfide) groups is 1. The molecule has 0 saturated carbocycles. The predicted molar refractivity (Wildman–Crippen MR) is 154 cm³/mol. The van der Waals surface area contributed by atoms with Crippen LogP contribution in [-0.4, -0.2) is 89.6 Å². The third kappa shape index (κ3) is 6.96. The van der Waals surface area contributed by atoms with Crippen LogP contribution < -0.4 is 54.9 Å². The minimum absolute atomic E-state index is 0. The zero-order chi connectivity index (χ0) is 31.5. The van der Waals surface area contributed by atoms with Crippen LogP contribution in [0.4, 0.5) is 15.3 Å².